The second-order valence-corrected chi connectivity index (χ2v) is 7.06. The zero-order chi connectivity index (χ0) is 14.8. The SMILES string of the molecule is c1cc2n(n1)[C@H](CN1CCCCC1)CN(C1CCOCC1)C2. The molecule has 122 valence electrons. The molecule has 22 heavy (non-hydrogen) atoms. The Morgan fingerprint density at radius 1 is 1.14 bits per heavy atom. The van der Waals surface area contributed by atoms with Gasteiger partial charge in [-0.15, -0.1) is 0 Å². The third kappa shape index (κ3) is 3.07. The van der Waals surface area contributed by atoms with Crippen molar-refractivity contribution in [1.29, 1.82) is 0 Å². The maximum atomic E-state index is 5.54. The smallest absolute Gasteiger partial charge is 0.0776 e. The number of likely N-dealkylation sites (tertiary alicyclic amines) is 1. The number of ether oxygens (including phenoxy) is 1. The largest absolute Gasteiger partial charge is 0.381 e. The molecular formula is C17H28N4O. The van der Waals surface area contributed by atoms with Gasteiger partial charge in [-0.25, -0.2) is 0 Å². The Balaban J connectivity index is 1.47. The average molecular weight is 304 g/mol. The van der Waals surface area contributed by atoms with Crippen LogP contribution >= 0.6 is 0 Å². The molecule has 5 nitrogen and oxygen atoms in total. The highest BCUT2D eigenvalue weighted by atomic mass is 16.5. The molecule has 0 saturated carbocycles. The van der Waals surface area contributed by atoms with E-state index in [2.05, 4.69) is 25.6 Å². The molecule has 0 N–H and O–H groups in total. The molecule has 5 heteroatoms. The summed E-state index contributed by atoms with van der Waals surface area (Å²) in [5, 5.41) is 4.62. The van der Waals surface area contributed by atoms with Gasteiger partial charge in [0.15, 0.2) is 0 Å². The first-order valence-electron chi connectivity index (χ1n) is 8.97. The third-order valence-electron chi connectivity index (χ3n) is 5.53. The summed E-state index contributed by atoms with van der Waals surface area (Å²) in [6, 6.07) is 3.41. The molecule has 0 spiro atoms. The molecule has 3 aliphatic rings. The Morgan fingerprint density at radius 3 is 2.77 bits per heavy atom. The zero-order valence-corrected chi connectivity index (χ0v) is 13.5. The summed E-state index contributed by atoms with van der Waals surface area (Å²) >= 11 is 0. The number of piperidine rings is 1. The van der Waals surface area contributed by atoms with E-state index in [1.807, 2.05) is 6.20 Å². The van der Waals surface area contributed by atoms with Gasteiger partial charge < -0.3 is 9.64 Å². The highest BCUT2D eigenvalue weighted by Gasteiger charge is 2.31. The third-order valence-corrected chi connectivity index (χ3v) is 5.53. The minimum Gasteiger partial charge on any atom is -0.381 e. The van der Waals surface area contributed by atoms with E-state index in [-0.39, 0.29) is 0 Å². The van der Waals surface area contributed by atoms with Crippen molar-refractivity contribution >= 4 is 0 Å². The second kappa shape index (κ2) is 6.69. The Bertz CT molecular complexity index is 477. The second-order valence-electron chi connectivity index (χ2n) is 7.06. The van der Waals surface area contributed by atoms with Gasteiger partial charge in [-0.1, -0.05) is 6.42 Å². The predicted molar refractivity (Wildman–Crippen MR) is 85.8 cm³/mol. The van der Waals surface area contributed by atoms with Crippen LogP contribution in [0.2, 0.25) is 0 Å². The van der Waals surface area contributed by atoms with E-state index >= 15 is 0 Å². The van der Waals surface area contributed by atoms with E-state index in [4.69, 9.17) is 4.74 Å². The lowest BCUT2D eigenvalue weighted by Gasteiger charge is -2.42. The number of rotatable bonds is 3. The molecule has 0 bridgehead atoms. The van der Waals surface area contributed by atoms with Crippen molar-refractivity contribution in [2.75, 3.05) is 39.4 Å². The quantitative estimate of drug-likeness (QED) is 0.854. The number of fused-ring (bicyclic) bond motifs is 1. The number of hydrogen-bond acceptors (Lipinski definition) is 4. The summed E-state index contributed by atoms with van der Waals surface area (Å²) in [6.07, 6.45) is 8.48. The fourth-order valence-electron chi connectivity index (χ4n) is 4.32. The molecule has 0 amide bonds. The van der Waals surface area contributed by atoms with E-state index < -0.39 is 0 Å². The van der Waals surface area contributed by atoms with Crippen LogP contribution in [-0.2, 0) is 11.3 Å². The minimum atomic E-state index is 0.514. The molecule has 2 fully saturated rings. The van der Waals surface area contributed by atoms with E-state index in [1.54, 1.807) is 0 Å². The van der Waals surface area contributed by atoms with Crippen LogP contribution in [0.25, 0.3) is 0 Å². The molecule has 3 aliphatic heterocycles. The van der Waals surface area contributed by atoms with Gasteiger partial charge in [-0.3, -0.25) is 9.58 Å². The molecule has 0 radical (unpaired) electrons. The van der Waals surface area contributed by atoms with Gasteiger partial charge in [-0.2, -0.15) is 5.10 Å². The first-order chi connectivity index (χ1) is 10.9. The monoisotopic (exact) mass is 304 g/mol. The molecule has 2 saturated heterocycles. The van der Waals surface area contributed by atoms with Crippen LogP contribution in [-0.4, -0.2) is 65.0 Å². The van der Waals surface area contributed by atoms with Crippen LogP contribution < -0.4 is 0 Å². The molecule has 0 aliphatic carbocycles. The lowest BCUT2D eigenvalue weighted by Crippen LogP contribution is -2.48. The summed E-state index contributed by atoms with van der Waals surface area (Å²) in [7, 11) is 0. The summed E-state index contributed by atoms with van der Waals surface area (Å²) < 4.78 is 7.84. The average Bonchev–Trinajstić information content (AvgIpc) is 3.05. The van der Waals surface area contributed by atoms with Crippen LogP contribution in [0.15, 0.2) is 12.3 Å². The number of aromatic nitrogens is 2. The van der Waals surface area contributed by atoms with Gasteiger partial charge in [0.1, 0.15) is 0 Å². The Kier molecular flexibility index (Phi) is 4.46. The highest BCUT2D eigenvalue weighted by Crippen LogP contribution is 2.27. The standard InChI is InChI=1S/C17H28N4O/c1-2-8-19(9-3-1)12-17-14-20(15-5-10-22-11-6-15)13-16-4-7-18-21(16)17/h4,7,15,17H,1-3,5-6,8-14H2/t17-/m1/s1. The summed E-state index contributed by atoms with van der Waals surface area (Å²) in [5.74, 6) is 0. The van der Waals surface area contributed by atoms with E-state index in [0.717, 1.165) is 32.8 Å². The summed E-state index contributed by atoms with van der Waals surface area (Å²) in [4.78, 5) is 5.33. The minimum absolute atomic E-state index is 0.514. The molecule has 0 unspecified atom stereocenters. The van der Waals surface area contributed by atoms with Crippen molar-refractivity contribution < 1.29 is 4.74 Å². The Morgan fingerprint density at radius 2 is 1.95 bits per heavy atom. The molecular weight excluding hydrogens is 276 g/mol. The zero-order valence-electron chi connectivity index (χ0n) is 13.5. The van der Waals surface area contributed by atoms with Crippen molar-refractivity contribution in [3.05, 3.63) is 18.0 Å². The Hall–Kier alpha value is -0.910. The van der Waals surface area contributed by atoms with Gasteiger partial charge >= 0.3 is 0 Å². The summed E-state index contributed by atoms with van der Waals surface area (Å²) in [5.41, 5.74) is 1.39. The van der Waals surface area contributed by atoms with Crippen LogP contribution in [0.1, 0.15) is 43.8 Å². The van der Waals surface area contributed by atoms with Crippen LogP contribution in [0.5, 0.6) is 0 Å². The van der Waals surface area contributed by atoms with Gasteiger partial charge in [0.05, 0.1) is 11.7 Å². The van der Waals surface area contributed by atoms with E-state index in [1.165, 1.54) is 50.9 Å². The van der Waals surface area contributed by atoms with Crippen LogP contribution in [0.3, 0.4) is 0 Å². The van der Waals surface area contributed by atoms with E-state index in [9.17, 15) is 0 Å². The normalized spacial score (nSPS) is 28.6. The van der Waals surface area contributed by atoms with Crippen molar-refractivity contribution in [2.24, 2.45) is 0 Å². The fourth-order valence-corrected chi connectivity index (χ4v) is 4.32. The van der Waals surface area contributed by atoms with Gasteiger partial charge in [0.2, 0.25) is 0 Å². The molecule has 0 aromatic carbocycles. The van der Waals surface area contributed by atoms with Crippen molar-refractivity contribution in [1.82, 2.24) is 19.6 Å². The Labute approximate surface area is 133 Å². The van der Waals surface area contributed by atoms with Gasteiger partial charge in [-0.05, 0) is 44.8 Å². The molecule has 4 rings (SSSR count). The lowest BCUT2D eigenvalue weighted by molar-refractivity contribution is 0.0122. The molecule has 4 heterocycles. The maximum absolute atomic E-state index is 5.54. The van der Waals surface area contributed by atoms with Crippen molar-refractivity contribution in [2.45, 2.75) is 50.7 Å². The van der Waals surface area contributed by atoms with Gasteiger partial charge in [0.25, 0.3) is 0 Å². The maximum Gasteiger partial charge on any atom is 0.0776 e. The lowest BCUT2D eigenvalue weighted by atomic mass is 10.0. The highest BCUT2D eigenvalue weighted by molar-refractivity contribution is 5.06. The van der Waals surface area contributed by atoms with Crippen LogP contribution in [0.4, 0.5) is 0 Å². The van der Waals surface area contributed by atoms with E-state index in [0.29, 0.717) is 12.1 Å². The number of nitrogens with zero attached hydrogens (tertiary/aromatic N) is 4. The molecule has 1 atom stereocenters. The van der Waals surface area contributed by atoms with Crippen molar-refractivity contribution in [3.63, 3.8) is 0 Å². The molecule has 1 aromatic rings. The van der Waals surface area contributed by atoms with Crippen molar-refractivity contribution in [3.8, 4) is 0 Å². The van der Waals surface area contributed by atoms with Crippen LogP contribution in [0, 0.1) is 0 Å². The fraction of sp³-hybridized carbons (Fsp3) is 0.824. The first-order valence-corrected chi connectivity index (χ1v) is 8.97. The topological polar surface area (TPSA) is 33.5 Å². The number of hydrogen-bond donors (Lipinski definition) is 0. The predicted octanol–water partition coefficient (Wildman–Crippen LogP) is 1.90. The first kappa shape index (κ1) is 14.7. The molecule has 1 aromatic heterocycles. The summed E-state index contributed by atoms with van der Waals surface area (Å²) in [6.45, 7) is 7.76. The van der Waals surface area contributed by atoms with Gasteiger partial charge in [0, 0.05) is 45.1 Å².